The van der Waals surface area contributed by atoms with E-state index in [1.807, 2.05) is 13.8 Å². The zero-order valence-electron chi connectivity index (χ0n) is 7.60. The maximum absolute atomic E-state index is 5.58. The molecule has 0 bridgehead atoms. The van der Waals surface area contributed by atoms with Crippen molar-refractivity contribution in [2.45, 2.75) is 40.2 Å². The standard InChI is InChI=1S/C6H10ClNO.C2H6/c1-4(2)5-3-6(7)8-9-5;1-2/h4-5H,3H2,1-2H3;1-2H3. The second kappa shape index (κ2) is 5.42. The SMILES string of the molecule is CC.CC(C)C1CC(Cl)=NO1. The number of hydrogen-bond acceptors (Lipinski definition) is 2. The summed E-state index contributed by atoms with van der Waals surface area (Å²) >= 11 is 5.58. The van der Waals surface area contributed by atoms with Gasteiger partial charge >= 0.3 is 0 Å². The highest BCUT2D eigenvalue weighted by molar-refractivity contribution is 6.65. The molecule has 0 aromatic heterocycles. The van der Waals surface area contributed by atoms with Gasteiger partial charge in [-0.3, -0.25) is 0 Å². The molecule has 1 rings (SSSR count). The van der Waals surface area contributed by atoms with Gasteiger partial charge in [-0.25, -0.2) is 0 Å². The Hall–Kier alpha value is -0.240. The van der Waals surface area contributed by atoms with E-state index in [0.717, 1.165) is 6.42 Å². The fourth-order valence-corrected chi connectivity index (χ4v) is 0.915. The summed E-state index contributed by atoms with van der Waals surface area (Å²) in [5.41, 5.74) is 0. The fourth-order valence-electron chi connectivity index (χ4n) is 0.723. The Balaban J connectivity index is 0.000000461. The van der Waals surface area contributed by atoms with E-state index in [1.54, 1.807) is 0 Å². The molecule has 1 heterocycles. The van der Waals surface area contributed by atoms with E-state index >= 15 is 0 Å². The van der Waals surface area contributed by atoms with Crippen LogP contribution in [0, 0.1) is 5.92 Å². The highest BCUT2D eigenvalue weighted by Crippen LogP contribution is 2.19. The molecular weight excluding hydrogens is 162 g/mol. The van der Waals surface area contributed by atoms with Crippen LogP contribution < -0.4 is 0 Å². The van der Waals surface area contributed by atoms with Crippen LogP contribution in [0.2, 0.25) is 0 Å². The van der Waals surface area contributed by atoms with E-state index in [4.69, 9.17) is 16.4 Å². The summed E-state index contributed by atoms with van der Waals surface area (Å²) in [5, 5.41) is 4.21. The van der Waals surface area contributed by atoms with E-state index in [-0.39, 0.29) is 6.10 Å². The summed E-state index contributed by atoms with van der Waals surface area (Å²) in [6.45, 7) is 8.19. The highest BCUT2D eigenvalue weighted by Gasteiger charge is 2.22. The normalized spacial score (nSPS) is 22.0. The van der Waals surface area contributed by atoms with E-state index < -0.39 is 0 Å². The molecule has 3 heteroatoms. The van der Waals surface area contributed by atoms with Crippen molar-refractivity contribution in [3.63, 3.8) is 0 Å². The second-order valence-corrected chi connectivity index (χ2v) is 3.00. The molecule has 0 N–H and O–H groups in total. The maximum atomic E-state index is 5.58. The average Bonchev–Trinajstić information content (AvgIpc) is 2.40. The Kier molecular flexibility index (Phi) is 5.30. The summed E-state index contributed by atoms with van der Waals surface area (Å²) in [4.78, 5) is 4.98. The van der Waals surface area contributed by atoms with Gasteiger partial charge in [-0.2, -0.15) is 0 Å². The Morgan fingerprint density at radius 1 is 1.55 bits per heavy atom. The third-order valence-corrected chi connectivity index (χ3v) is 1.62. The molecule has 0 spiro atoms. The first-order valence-electron chi connectivity index (χ1n) is 4.08. The molecule has 0 saturated carbocycles. The molecule has 0 radical (unpaired) electrons. The van der Waals surface area contributed by atoms with Gasteiger partial charge in [-0.15, -0.1) is 0 Å². The van der Waals surface area contributed by atoms with E-state index in [0.29, 0.717) is 11.1 Å². The van der Waals surface area contributed by atoms with Gasteiger partial charge in [0.2, 0.25) is 0 Å². The van der Waals surface area contributed by atoms with Crippen LogP contribution in [-0.2, 0) is 4.84 Å². The monoisotopic (exact) mass is 177 g/mol. The quantitative estimate of drug-likeness (QED) is 0.604. The average molecular weight is 178 g/mol. The predicted octanol–water partition coefficient (Wildman–Crippen LogP) is 3.01. The molecule has 1 atom stereocenters. The van der Waals surface area contributed by atoms with Crippen molar-refractivity contribution in [2.24, 2.45) is 11.1 Å². The minimum absolute atomic E-state index is 0.206. The van der Waals surface area contributed by atoms with Crippen molar-refractivity contribution in [1.82, 2.24) is 0 Å². The lowest BCUT2D eigenvalue weighted by Gasteiger charge is -2.09. The van der Waals surface area contributed by atoms with Crippen LogP contribution in [-0.4, -0.2) is 11.3 Å². The highest BCUT2D eigenvalue weighted by atomic mass is 35.5. The molecule has 0 aromatic rings. The van der Waals surface area contributed by atoms with Gasteiger partial charge in [0.25, 0.3) is 0 Å². The Morgan fingerprint density at radius 3 is 2.27 bits per heavy atom. The van der Waals surface area contributed by atoms with Crippen molar-refractivity contribution < 1.29 is 4.84 Å². The van der Waals surface area contributed by atoms with Crippen molar-refractivity contribution in [3.8, 4) is 0 Å². The summed E-state index contributed by atoms with van der Waals surface area (Å²) < 4.78 is 0. The molecule has 0 aliphatic carbocycles. The van der Waals surface area contributed by atoms with Crippen LogP contribution in [0.5, 0.6) is 0 Å². The zero-order chi connectivity index (χ0) is 8.85. The molecule has 0 saturated heterocycles. The first kappa shape index (κ1) is 10.8. The van der Waals surface area contributed by atoms with Gasteiger partial charge in [0.05, 0.1) is 0 Å². The van der Waals surface area contributed by atoms with Gasteiger partial charge in [-0.1, -0.05) is 44.5 Å². The molecule has 66 valence electrons. The molecule has 2 nitrogen and oxygen atoms in total. The van der Waals surface area contributed by atoms with Crippen LogP contribution in [0.15, 0.2) is 5.16 Å². The van der Waals surface area contributed by atoms with Crippen LogP contribution in [0.3, 0.4) is 0 Å². The van der Waals surface area contributed by atoms with Crippen LogP contribution in [0.25, 0.3) is 0 Å². The minimum atomic E-state index is 0.206. The first-order chi connectivity index (χ1) is 5.20. The fraction of sp³-hybridized carbons (Fsp3) is 0.875. The summed E-state index contributed by atoms with van der Waals surface area (Å²) in [5.74, 6) is 0.505. The lowest BCUT2D eigenvalue weighted by molar-refractivity contribution is 0.0521. The number of nitrogens with zero attached hydrogens (tertiary/aromatic N) is 1. The maximum Gasteiger partial charge on any atom is 0.149 e. The van der Waals surface area contributed by atoms with E-state index in [2.05, 4.69) is 19.0 Å². The predicted molar refractivity (Wildman–Crippen MR) is 49.0 cm³/mol. The number of hydrogen-bond donors (Lipinski definition) is 0. The molecule has 1 unspecified atom stereocenters. The molecule has 1 aliphatic heterocycles. The third-order valence-electron chi connectivity index (χ3n) is 1.40. The van der Waals surface area contributed by atoms with E-state index in [9.17, 15) is 0 Å². The van der Waals surface area contributed by atoms with Crippen LogP contribution in [0.4, 0.5) is 0 Å². The molecule has 0 amide bonds. The number of oxime groups is 1. The number of rotatable bonds is 1. The number of halogens is 1. The Morgan fingerprint density at radius 2 is 2.09 bits per heavy atom. The molecular formula is C8H16ClNO. The summed E-state index contributed by atoms with van der Waals surface area (Å²) in [6, 6.07) is 0. The second-order valence-electron chi connectivity index (χ2n) is 2.56. The third kappa shape index (κ3) is 3.61. The van der Waals surface area contributed by atoms with Gasteiger partial charge in [-0.05, 0) is 5.92 Å². The van der Waals surface area contributed by atoms with Crippen LogP contribution in [0.1, 0.15) is 34.1 Å². The molecule has 1 aliphatic rings. The van der Waals surface area contributed by atoms with Crippen LogP contribution >= 0.6 is 11.6 Å². The summed E-state index contributed by atoms with van der Waals surface area (Å²) in [6.07, 6.45) is 0.983. The van der Waals surface area contributed by atoms with Crippen molar-refractivity contribution in [3.05, 3.63) is 0 Å². The minimum Gasteiger partial charge on any atom is -0.391 e. The van der Waals surface area contributed by atoms with Crippen molar-refractivity contribution in [1.29, 1.82) is 0 Å². The molecule has 0 aromatic carbocycles. The lowest BCUT2D eigenvalue weighted by atomic mass is 10.1. The van der Waals surface area contributed by atoms with E-state index in [1.165, 1.54) is 0 Å². The summed E-state index contributed by atoms with van der Waals surface area (Å²) in [7, 11) is 0. The van der Waals surface area contributed by atoms with Crippen molar-refractivity contribution >= 4 is 16.8 Å². The molecule has 11 heavy (non-hydrogen) atoms. The van der Waals surface area contributed by atoms with Gasteiger partial charge in [0.15, 0.2) is 0 Å². The van der Waals surface area contributed by atoms with Gasteiger partial charge in [0, 0.05) is 6.42 Å². The zero-order valence-corrected chi connectivity index (χ0v) is 8.35. The Labute approximate surface area is 73.6 Å². The lowest BCUT2D eigenvalue weighted by Crippen LogP contribution is -2.13. The van der Waals surface area contributed by atoms with Gasteiger partial charge in [0.1, 0.15) is 11.3 Å². The van der Waals surface area contributed by atoms with Crippen molar-refractivity contribution in [2.75, 3.05) is 0 Å². The van der Waals surface area contributed by atoms with Gasteiger partial charge < -0.3 is 4.84 Å². The first-order valence-corrected chi connectivity index (χ1v) is 4.46. The topological polar surface area (TPSA) is 21.6 Å². The largest absolute Gasteiger partial charge is 0.391 e. The molecule has 0 fully saturated rings. The smallest absolute Gasteiger partial charge is 0.149 e. The Bertz CT molecular complexity index is 134.